The maximum atomic E-state index is 12.6. The molecule has 0 aliphatic heterocycles. The SMILES string of the molecule is CCOCc1c(C(=O)NCc2cccc(OC)c2)oc2ccccc12. The van der Waals surface area contributed by atoms with E-state index in [1.165, 1.54) is 0 Å². The first kappa shape index (κ1) is 17.0. The molecule has 130 valence electrons. The van der Waals surface area contributed by atoms with Gasteiger partial charge in [-0.05, 0) is 30.7 Å². The molecule has 0 saturated heterocycles. The van der Waals surface area contributed by atoms with Crippen molar-refractivity contribution < 1.29 is 18.7 Å². The van der Waals surface area contributed by atoms with Crippen molar-refractivity contribution in [3.8, 4) is 5.75 Å². The van der Waals surface area contributed by atoms with Gasteiger partial charge in [-0.15, -0.1) is 0 Å². The molecule has 0 radical (unpaired) electrons. The van der Waals surface area contributed by atoms with Gasteiger partial charge in [0.15, 0.2) is 5.76 Å². The van der Waals surface area contributed by atoms with Crippen molar-refractivity contribution in [2.45, 2.75) is 20.1 Å². The Labute approximate surface area is 146 Å². The maximum Gasteiger partial charge on any atom is 0.287 e. The highest BCUT2D eigenvalue weighted by molar-refractivity contribution is 5.99. The van der Waals surface area contributed by atoms with Gasteiger partial charge in [0.2, 0.25) is 0 Å². The van der Waals surface area contributed by atoms with Crippen LogP contribution in [0.4, 0.5) is 0 Å². The summed E-state index contributed by atoms with van der Waals surface area (Å²) < 4.78 is 16.5. The second kappa shape index (κ2) is 7.85. The minimum absolute atomic E-state index is 0.256. The Kier molecular flexibility index (Phi) is 5.36. The number of hydrogen-bond acceptors (Lipinski definition) is 4. The van der Waals surface area contributed by atoms with Crippen LogP contribution in [0.1, 0.15) is 28.6 Å². The minimum Gasteiger partial charge on any atom is -0.497 e. The van der Waals surface area contributed by atoms with Crippen molar-refractivity contribution in [2.75, 3.05) is 13.7 Å². The van der Waals surface area contributed by atoms with Crippen LogP contribution >= 0.6 is 0 Å². The standard InChI is InChI=1S/C20H21NO4/c1-3-24-13-17-16-9-4-5-10-18(16)25-19(17)20(22)21-12-14-7-6-8-15(11-14)23-2/h4-11H,3,12-13H2,1-2H3,(H,21,22). The molecule has 0 aliphatic carbocycles. The lowest BCUT2D eigenvalue weighted by molar-refractivity contribution is 0.0912. The highest BCUT2D eigenvalue weighted by Crippen LogP contribution is 2.26. The number of para-hydroxylation sites is 1. The number of hydrogen-bond donors (Lipinski definition) is 1. The lowest BCUT2D eigenvalue weighted by atomic mass is 10.1. The Bertz CT molecular complexity index is 869. The molecule has 3 aromatic rings. The van der Waals surface area contributed by atoms with Crippen LogP contribution in [0.2, 0.25) is 0 Å². The molecular weight excluding hydrogens is 318 g/mol. The number of benzene rings is 2. The summed E-state index contributed by atoms with van der Waals surface area (Å²) in [5, 5.41) is 3.81. The fraction of sp³-hybridized carbons (Fsp3) is 0.250. The van der Waals surface area contributed by atoms with E-state index < -0.39 is 0 Å². The first-order valence-corrected chi connectivity index (χ1v) is 8.22. The van der Waals surface area contributed by atoms with Crippen LogP contribution in [0, 0.1) is 0 Å². The summed E-state index contributed by atoms with van der Waals surface area (Å²) in [5.41, 5.74) is 2.42. The molecule has 1 amide bonds. The number of furan rings is 1. The van der Waals surface area contributed by atoms with Crippen LogP contribution in [0.25, 0.3) is 11.0 Å². The summed E-state index contributed by atoms with van der Waals surface area (Å²) in [6.45, 7) is 3.23. The topological polar surface area (TPSA) is 60.7 Å². The summed E-state index contributed by atoms with van der Waals surface area (Å²) in [5.74, 6) is 0.804. The maximum absolute atomic E-state index is 12.6. The molecule has 25 heavy (non-hydrogen) atoms. The smallest absolute Gasteiger partial charge is 0.287 e. The van der Waals surface area contributed by atoms with E-state index in [0.717, 1.165) is 22.3 Å². The highest BCUT2D eigenvalue weighted by atomic mass is 16.5. The van der Waals surface area contributed by atoms with Crippen LogP contribution in [0.15, 0.2) is 52.9 Å². The molecule has 0 bridgehead atoms. The van der Waals surface area contributed by atoms with E-state index in [0.29, 0.717) is 31.1 Å². The minimum atomic E-state index is -0.256. The number of carbonyl (C=O) groups is 1. The van der Waals surface area contributed by atoms with Gasteiger partial charge < -0.3 is 19.2 Å². The fourth-order valence-corrected chi connectivity index (χ4v) is 2.67. The highest BCUT2D eigenvalue weighted by Gasteiger charge is 2.20. The van der Waals surface area contributed by atoms with E-state index in [1.54, 1.807) is 7.11 Å². The van der Waals surface area contributed by atoms with Crippen LogP contribution in [0.3, 0.4) is 0 Å². The first-order valence-electron chi connectivity index (χ1n) is 8.22. The Morgan fingerprint density at radius 2 is 2.00 bits per heavy atom. The molecule has 1 heterocycles. The average molecular weight is 339 g/mol. The third-order valence-corrected chi connectivity index (χ3v) is 3.94. The van der Waals surface area contributed by atoms with Crippen molar-refractivity contribution in [1.82, 2.24) is 5.32 Å². The van der Waals surface area contributed by atoms with Crippen LogP contribution < -0.4 is 10.1 Å². The molecule has 0 saturated carbocycles. The predicted molar refractivity (Wildman–Crippen MR) is 95.7 cm³/mol. The third-order valence-electron chi connectivity index (χ3n) is 3.94. The van der Waals surface area contributed by atoms with Gasteiger partial charge in [-0.3, -0.25) is 4.79 Å². The van der Waals surface area contributed by atoms with Crippen molar-refractivity contribution in [2.24, 2.45) is 0 Å². The van der Waals surface area contributed by atoms with Crippen LogP contribution in [-0.4, -0.2) is 19.6 Å². The Morgan fingerprint density at radius 1 is 1.16 bits per heavy atom. The number of methoxy groups -OCH3 is 1. The molecule has 0 spiro atoms. The molecule has 1 N–H and O–H groups in total. The van der Waals surface area contributed by atoms with E-state index in [2.05, 4.69) is 5.32 Å². The number of amides is 1. The van der Waals surface area contributed by atoms with Crippen molar-refractivity contribution in [1.29, 1.82) is 0 Å². The van der Waals surface area contributed by atoms with Gasteiger partial charge in [-0.1, -0.05) is 30.3 Å². The molecule has 2 aromatic carbocycles. The zero-order chi connectivity index (χ0) is 17.6. The molecule has 0 aliphatic rings. The molecule has 0 fully saturated rings. The second-order valence-corrected chi connectivity index (χ2v) is 5.58. The van der Waals surface area contributed by atoms with Gasteiger partial charge in [0, 0.05) is 24.1 Å². The second-order valence-electron chi connectivity index (χ2n) is 5.58. The predicted octanol–water partition coefficient (Wildman–Crippen LogP) is 3.91. The summed E-state index contributed by atoms with van der Waals surface area (Å²) in [6.07, 6.45) is 0. The zero-order valence-corrected chi connectivity index (χ0v) is 14.4. The average Bonchev–Trinajstić information content (AvgIpc) is 3.03. The van der Waals surface area contributed by atoms with E-state index in [9.17, 15) is 4.79 Å². The van der Waals surface area contributed by atoms with Crippen molar-refractivity contribution in [3.05, 3.63) is 65.4 Å². The summed E-state index contributed by atoms with van der Waals surface area (Å²) in [6, 6.07) is 15.2. The van der Waals surface area contributed by atoms with Gasteiger partial charge in [-0.25, -0.2) is 0 Å². The number of rotatable bonds is 7. The fourth-order valence-electron chi connectivity index (χ4n) is 2.67. The van der Waals surface area contributed by atoms with E-state index in [1.807, 2.05) is 55.5 Å². The quantitative estimate of drug-likeness (QED) is 0.709. The zero-order valence-electron chi connectivity index (χ0n) is 14.4. The van der Waals surface area contributed by atoms with Gasteiger partial charge in [0.25, 0.3) is 5.91 Å². The van der Waals surface area contributed by atoms with Gasteiger partial charge in [-0.2, -0.15) is 0 Å². The number of nitrogens with one attached hydrogen (secondary N) is 1. The summed E-state index contributed by atoms with van der Waals surface area (Å²) >= 11 is 0. The normalized spacial score (nSPS) is 10.8. The Balaban J connectivity index is 1.81. The van der Waals surface area contributed by atoms with Gasteiger partial charge >= 0.3 is 0 Å². The van der Waals surface area contributed by atoms with Crippen LogP contribution in [0.5, 0.6) is 5.75 Å². The number of ether oxygens (including phenoxy) is 2. The number of fused-ring (bicyclic) bond motifs is 1. The molecule has 1 aromatic heterocycles. The Morgan fingerprint density at radius 3 is 2.80 bits per heavy atom. The molecule has 3 rings (SSSR count). The monoisotopic (exact) mass is 339 g/mol. The lowest BCUT2D eigenvalue weighted by Gasteiger charge is -2.07. The molecule has 0 unspecified atom stereocenters. The largest absolute Gasteiger partial charge is 0.497 e. The van der Waals surface area contributed by atoms with E-state index in [4.69, 9.17) is 13.9 Å². The van der Waals surface area contributed by atoms with Gasteiger partial charge in [0.1, 0.15) is 11.3 Å². The molecule has 5 nitrogen and oxygen atoms in total. The summed E-state index contributed by atoms with van der Waals surface area (Å²) in [7, 11) is 1.62. The Hall–Kier alpha value is -2.79. The first-order chi connectivity index (χ1) is 12.2. The van der Waals surface area contributed by atoms with Crippen molar-refractivity contribution >= 4 is 16.9 Å². The van der Waals surface area contributed by atoms with Gasteiger partial charge in [0.05, 0.1) is 13.7 Å². The number of carbonyl (C=O) groups excluding carboxylic acids is 1. The summed E-state index contributed by atoms with van der Waals surface area (Å²) in [4.78, 5) is 12.6. The van der Waals surface area contributed by atoms with Crippen LogP contribution in [-0.2, 0) is 17.9 Å². The molecule has 0 atom stereocenters. The molecular formula is C20H21NO4. The third kappa shape index (κ3) is 3.83. The lowest BCUT2D eigenvalue weighted by Crippen LogP contribution is -2.23. The van der Waals surface area contributed by atoms with E-state index in [-0.39, 0.29) is 5.91 Å². The molecule has 5 heteroatoms. The van der Waals surface area contributed by atoms with Crippen molar-refractivity contribution in [3.63, 3.8) is 0 Å². The van der Waals surface area contributed by atoms with E-state index >= 15 is 0 Å².